The van der Waals surface area contributed by atoms with Gasteiger partial charge in [-0.25, -0.2) is 4.98 Å². The van der Waals surface area contributed by atoms with Crippen LogP contribution in [0.25, 0.3) is 22.2 Å². The van der Waals surface area contributed by atoms with Gasteiger partial charge < -0.3 is 9.72 Å². The number of ether oxygens (including phenoxy) is 1. The monoisotopic (exact) mass is 430 g/mol. The zero-order valence-electron chi connectivity index (χ0n) is 13.2. The summed E-state index contributed by atoms with van der Waals surface area (Å²) in [5, 5.41) is 0.817. The van der Waals surface area contributed by atoms with Crippen molar-refractivity contribution >= 4 is 38.7 Å². The third-order valence-corrected chi connectivity index (χ3v) is 4.97. The highest BCUT2D eigenvalue weighted by Gasteiger charge is 2.31. The number of imidazole rings is 1. The minimum absolute atomic E-state index is 0.240. The molecule has 25 heavy (non-hydrogen) atoms. The molecule has 2 aromatic carbocycles. The number of nitrogens with zero attached hydrogens (tertiary/aromatic N) is 1. The van der Waals surface area contributed by atoms with Gasteiger partial charge in [0.2, 0.25) is 0 Å². The molecule has 3 aromatic rings. The zero-order chi connectivity index (χ0) is 18.0. The molecule has 3 rings (SSSR count). The summed E-state index contributed by atoms with van der Waals surface area (Å²) in [6.45, 7) is 0. The van der Waals surface area contributed by atoms with Gasteiger partial charge in [0.15, 0.2) is 0 Å². The molecule has 1 heterocycles. The molecule has 0 radical (unpaired) electrons. The number of H-pyrrole nitrogens is 1. The van der Waals surface area contributed by atoms with E-state index < -0.39 is 6.36 Å². The molecule has 0 saturated heterocycles. The molecule has 0 spiro atoms. The van der Waals surface area contributed by atoms with Crippen molar-refractivity contribution in [2.45, 2.75) is 17.7 Å². The molecule has 0 amide bonds. The van der Waals surface area contributed by atoms with Crippen LogP contribution in [0.15, 0.2) is 41.6 Å². The average molecular weight is 431 g/mol. The number of fused-ring (bicyclic) bond motifs is 1. The van der Waals surface area contributed by atoms with Crippen LogP contribution < -0.4 is 4.74 Å². The van der Waals surface area contributed by atoms with Gasteiger partial charge in [0.1, 0.15) is 5.75 Å². The quantitative estimate of drug-likeness (QED) is 0.411. The van der Waals surface area contributed by atoms with E-state index in [0.29, 0.717) is 0 Å². The Hall–Kier alpha value is -1.67. The molecule has 0 atom stereocenters. The van der Waals surface area contributed by atoms with Gasteiger partial charge in [0, 0.05) is 15.8 Å². The number of aromatic nitrogens is 2. The molecule has 0 saturated carbocycles. The summed E-state index contributed by atoms with van der Waals surface area (Å²) in [5.74, 6) is -0.240. The van der Waals surface area contributed by atoms with Gasteiger partial charge in [0.25, 0.3) is 0 Å². The largest absolute Gasteiger partial charge is 0.573 e. The van der Waals surface area contributed by atoms with Crippen LogP contribution in [0.5, 0.6) is 5.75 Å². The summed E-state index contributed by atoms with van der Waals surface area (Å²) in [6.07, 6.45) is -0.212. The van der Waals surface area contributed by atoms with E-state index in [4.69, 9.17) is 0 Å². The summed E-state index contributed by atoms with van der Waals surface area (Å²) in [7, 11) is 0. The Morgan fingerprint density at radius 3 is 2.56 bits per heavy atom. The van der Waals surface area contributed by atoms with Crippen LogP contribution in [0.2, 0.25) is 0 Å². The summed E-state index contributed by atoms with van der Waals surface area (Å²) in [6, 6.07) is 7.90. The molecule has 0 aliphatic heterocycles. The van der Waals surface area contributed by atoms with Crippen molar-refractivity contribution in [3.05, 3.63) is 42.2 Å². The smallest absolute Gasteiger partial charge is 0.406 e. The number of thioether (sulfide) groups is 1. The Morgan fingerprint density at radius 1 is 1.24 bits per heavy atom. The van der Waals surface area contributed by atoms with E-state index in [0.717, 1.165) is 44.4 Å². The first-order valence-electron chi connectivity index (χ1n) is 7.38. The van der Waals surface area contributed by atoms with Gasteiger partial charge in [-0.1, -0.05) is 28.1 Å². The van der Waals surface area contributed by atoms with Gasteiger partial charge in [-0.2, -0.15) is 0 Å². The number of hydrogen-bond donors (Lipinski definition) is 1. The number of hydrogen-bond acceptors (Lipinski definition) is 3. The number of aromatic amines is 1. The van der Waals surface area contributed by atoms with E-state index in [1.165, 1.54) is 12.1 Å². The van der Waals surface area contributed by atoms with Crippen molar-refractivity contribution in [2.75, 3.05) is 11.6 Å². The topological polar surface area (TPSA) is 37.9 Å². The van der Waals surface area contributed by atoms with Gasteiger partial charge in [-0.05, 0) is 42.0 Å². The van der Waals surface area contributed by atoms with Crippen molar-refractivity contribution in [3.8, 4) is 16.9 Å². The number of nitrogens with one attached hydrogen (secondary N) is 1. The Labute approximate surface area is 155 Å². The predicted molar refractivity (Wildman–Crippen MR) is 97.5 cm³/mol. The Balaban J connectivity index is 2.07. The Kier molecular flexibility index (Phi) is 5.29. The van der Waals surface area contributed by atoms with Crippen molar-refractivity contribution in [3.63, 3.8) is 0 Å². The molecule has 0 bridgehead atoms. The first-order valence-corrected chi connectivity index (χ1v) is 9.72. The van der Waals surface area contributed by atoms with E-state index in [2.05, 4.69) is 36.7 Å². The highest BCUT2D eigenvalue weighted by Crippen LogP contribution is 2.37. The lowest BCUT2D eigenvalue weighted by Crippen LogP contribution is -2.16. The van der Waals surface area contributed by atoms with Crippen LogP contribution in [-0.4, -0.2) is 27.9 Å². The van der Waals surface area contributed by atoms with Gasteiger partial charge >= 0.3 is 6.36 Å². The second kappa shape index (κ2) is 7.29. The number of aryl methyl sites for hydroxylation is 1. The predicted octanol–water partition coefficient (Wildman–Crippen LogP) is 5.79. The zero-order valence-corrected chi connectivity index (χ0v) is 15.6. The highest BCUT2D eigenvalue weighted by atomic mass is 79.9. The van der Waals surface area contributed by atoms with Gasteiger partial charge in [-0.3, -0.25) is 0 Å². The van der Waals surface area contributed by atoms with Crippen LogP contribution in [0.3, 0.4) is 0 Å². The molecule has 0 aliphatic rings. The van der Waals surface area contributed by atoms with E-state index >= 15 is 0 Å². The maximum Gasteiger partial charge on any atom is 0.573 e. The summed E-state index contributed by atoms with van der Waals surface area (Å²) >= 11 is 5.11. The number of rotatable bonds is 5. The molecule has 1 N–H and O–H groups in total. The molecule has 0 aliphatic carbocycles. The van der Waals surface area contributed by atoms with Crippen molar-refractivity contribution in [1.82, 2.24) is 9.97 Å². The molecular formula is C17H14BrF3N2OS. The average Bonchev–Trinajstić information content (AvgIpc) is 3.03. The SMILES string of the molecule is CSc1c(CCBr)cc(-c2ccc(OC(F)(F)F)cc2)c2nc[nH]c12. The van der Waals surface area contributed by atoms with E-state index in [1.54, 1.807) is 30.2 Å². The maximum absolute atomic E-state index is 12.3. The molecule has 132 valence electrons. The fraction of sp³-hybridized carbons (Fsp3) is 0.235. The highest BCUT2D eigenvalue weighted by molar-refractivity contribution is 9.09. The Bertz CT molecular complexity index is 878. The lowest BCUT2D eigenvalue weighted by Gasteiger charge is -2.13. The van der Waals surface area contributed by atoms with Crippen LogP contribution in [-0.2, 0) is 6.42 Å². The molecule has 0 unspecified atom stereocenters. The second-order valence-corrected chi connectivity index (χ2v) is 6.86. The van der Waals surface area contributed by atoms with Gasteiger partial charge in [-0.15, -0.1) is 24.9 Å². The van der Waals surface area contributed by atoms with E-state index in [9.17, 15) is 13.2 Å². The fourth-order valence-electron chi connectivity index (χ4n) is 2.72. The summed E-state index contributed by atoms with van der Waals surface area (Å²) < 4.78 is 40.9. The Morgan fingerprint density at radius 2 is 1.96 bits per heavy atom. The lowest BCUT2D eigenvalue weighted by atomic mass is 10.00. The standard InChI is InChI=1S/C17H14BrF3N2OS/c1-25-16-11(6-7-18)8-13(14-15(16)23-9-22-14)10-2-4-12(5-3-10)24-17(19,20)21/h2-5,8-9H,6-7H2,1H3,(H,22,23). The molecular weight excluding hydrogens is 417 g/mol. The number of alkyl halides is 4. The van der Waals surface area contributed by atoms with Crippen LogP contribution in [0.4, 0.5) is 13.2 Å². The first kappa shape index (κ1) is 18.1. The van der Waals surface area contributed by atoms with Crippen molar-refractivity contribution in [2.24, 2.45) is 0 Å². The first-order chi connectivity index (χ1) is 11.9. The number of halogens is 4. The molecule has 8 heteroatoms. The van der Waals surface area contributed by atoms with E-state index in [-0.39, 0.29) is 5.75 Å². The van der Waals surface area contributed by atoms with Crippen LogP contribution in [0.1, 0.15) is 5.56 Å². The summed E-state index contributed by atoms with van der Waals surface area (Å²) in [5.41, 5.74) is 4.56. The van der Waals surface area contributed by atoms with Crippen molar-refractivity contribution in [1.29, 1.82) is 0 Å². The third kappa shape index (κ3) is 3.95. The molecule has 1 aromatic heterocycles. The van der Waals surface area contributed by atoms with Crippen LogP contribution in [0, 0.1) is 0 Å². The van der Waals surface area contributed by atoms with E-state index in [1.807, 2.05) is 6.26 Å². The molecule has 0 fully saturated rings. The summed E-state index contributed by atoms with van der Waals surface area (Å²) in [4.78, 5) is 8.70. The second-order valence-electron chi connectivity index (χ2n) is 5.25. The molecule has 3 nitrogen and oxygen atoms in total. The van der Waals surface area contributed by atoms with Gasteiger partial charge in [0.05, 0.1) is 17.4 Å². The van der Waals surface area contributed by atoms with Crippen LogP contribution >= 0.6 is 27.7 Å². The normalized spacial score (nSPS) is 11.9. The minimum atomic E-state index is -4.69. The third-order valence-electron chi connectivity index (χ3n) is 3.70. The fourth-order valence-corrected chi connectivity index (χ4v) is 3.93. The minimum Gasteiger partial charge on any atom is -0.406 e. The lowest BCUT2D eigenvalue weighted by molar-refractivity contribution is -0.274. The number of benzene rings is 2. The van der Waals surface area contributed by atoms with Crippen molar-refractivity contribution < 1.29 is 17.9 Å². The maximum atomic E-state index is 12.3.